The lowest BCUT2D eigenvalue weighted by molar-refractivity contribution is -0.446. The van der Waals surface area contributed by atoms with Crippen LogP contribution in [0.15, 0.2) is 72.2 Å². The Morgan fingerprint density at radius 3 is 2.44 bits per heavy atom. The molecule has 4 rings (SSSR count). The fourth-order valence-corrected chi connectivity index (χ4v) is 3.97. The van der Waals surface area contributed by atoms with Gasteiger partial charge in [0.05, 0.1) is 10.6 Å². The fraction of sp³-hybridized carbons (Fsp3) is 0.182. The summed E-state index contributed by atoms with van der Waals surface area (Å²) in [5, 5.41) is 11.6. The molecule has 1 amide bonds. The highest BCUT2D eigenvalue weighted by Gasteiger charge is 2.64. The molecule has 2 aromatic heterocycles. The molecule has 0 aliphatic heterocycles. The predicted molar refractivity (Wildman–Crippen MR) is 110 cm³/mol. The van der Waals surface area contributed by atoms with Gasteiger partial charge in [0.2, 0.25) is 5.91 Å². The number of nitrogens with two attached hydrogens (primary N) is 1. The van der Waals surface area contributed by atoms with E-state index in [1.54, 1.807) is 10.6 Å². The number of rotatable bonds is 4. The molecular weight excluding hydrogens is 425 g/mol. The van der Waals surface area contributed by atoms with Gasteiger partial charge >= 0.3 is 6.18 Å². The van der Waals surface area contributed by atoms with Gasteiger partial charge in [-0.05, 0) is 30.2 Å². The highest BCUT2D eigenvalue weighted by molar-refractivity contribution is 5.93. The van der Waals surface area contributed by atoms with E-state index in [1.165, 1.54) is 24.3 Å². The second kappa shape index (κ2) is 7.33. The first kappa shape index (κ1) is 21.3. The SMILES string of the molecule is Cc1ccc2nc(-c3ccc(C4(C(F)(F)F)CC(C(N)=O)=CC=C4[N+](=O)[O-])cc3)cn2c1. The van der Waals surface area contributed by atoms with E-state index in [4.69, 9.17) is 5.73 Å². The lowest BCUT2D eigenvalue weighted by Crippen LogP contribution is -2.48. The topological polar surface area (TPSA) is 104 Å². The molecule has 0 radical (unpaired) electrons. The molecule has 0 spiro atoms. The van der Waals surface area contributed by atoms with Crippen molar-refractivity contribution in [2.75, 3.05) is 0 Å². The minimum atomic E-state index is -5.05. The van der Waals surface area contributed by atoms with Crippen molar-refractivity contribution in [1.29, 1.82) is 0 Å². The third kappa shape index (κ3) is 3.33. The van der Waals surface area contributed by atoms with Gasteiger partial charge in [0, 0.05) is 36.0 Å². The van der Waals surface area contributed by atoms with Crippen LogP contribution in [0.3, 0.4) is 0 Å². The number of allylic oxidation sites excluding steroid dienone is 3. The summed E-state index contributed by atoms with van der Waals surface area (Å²) in [6, 6.07) is 8.92. The van der Waals surface area contributed by atoms with E-state index in [2.05, 4.69) is 4.98 Å². The van der Waals surface area contributed by atoms with E-state index in [0.29, 0.717) is 23.0 Å². The van der Waals surface area contributed by atoms with Crippen molar-refractivity contribution in [2.24, 2.45) is 5.73 Å². The number of aryl methyl sites for hydroxylation is 1. The molecule has 0 bridgehead atoms. The predicted octanol–water partition coefficient (Wildman–Crippen LogP) is 4.09. The second-order valence-electron chi connectivity index (χ2n) is 7.62. The summed E-state index contributed by atoms with van der Waals surface area (Å²) in [5.41, 5.74) is 3.18. The number of nitrogens with zero attached hydrogens (tertiary/aromatic N) is 3. The number of pyridine rings is 1. The van der Waals surface area contributed by atoms with E-state index >= 15 is 0 Å². The van der Waals surface area contributed by atoms with Crippen molar-refractivity contribution in [3.05, 3.63) is 93.5 Å². The lowest BCUT2D eigenvalue weighted by atomic mass is 9.69. The molecule has 164 valence electrons. The van der Waals surface area contributed by atoms with Crippen LogP contribution in [-0.2, 0) is 10.2 Å². The average molecular weight is 442 g/mol. The van der Waals surface area contributed by atoms with Gasteiger partial charge in [-0.15, -0.1) is 0 Å². The summed E-state index contributed by atoms with van der Waals surface area (Å²) in [4.78, 5) is 26.6. The zero-order valence-electron chi connectivity index (χ0n) is 16.8. The molecule has 0 saturated heterocycles. The average Bonchev–Trinajstić information content (AvgIpc) is 3.15. The number of aromatic nitrogens is 2. The zero-order valence-corrected chi connectivity index (χ0v) is 16.8. The van der Waals surface area contributed by atoms with Crippen LogP contribution in [0.2, 0.25) is 0 Å². The molecule has 2 heterocycles. The van der Waals surface area contributed by atoms with Gasteiger partial charge in [-0.3, -0.25) is 14.9 Å². The van der Waals surface area contributed by atoms with Gasteiger partial charge in [-0.1, -0.05) is 30.3 Å². The number of carbonyl (C=O) groups is 1. The Balaban J connectivity index is 1.83. The molecule has 0 saturated carbocycles. The van der Waals surface area contributed by atoms with Crippen molar-refractivity contribution in [3.8, 4) is 11.3 Å². The van der Waals surface area contributed by atoms with Crippen molar-refractivity contribution < 1.29 is 22.9 Å². The van der Waals surface area contributed by atoms with Crippen LogP contribution >= 0.6 is 0 Å². The van der Waals surface area contributed by atoms with E-state index in [-0.39, 0.29) is 11.1 Å². The Morgan fingerprint density at radius 1 is 1.16 bits per heavy atom. The van der Waals surface area contributed by atoms with Crippen LogP contribution < -0.4 is 5.73 Å². The van der Waals surface area contributed by atoms with Gasteiger partial charge in [0.25, 0.3) is 5.70 Å². The van der Waals surface area contributed by atoms with Crippen molar-refractivity contribution in [3.63, 3.8) is 0 Å². The standard InChI is InChI=1S/C22H17F3N4O3/c1-13-2-9-19-27-17(12-28(19)11-13)14-3-6-16(7-4-14)21(22(23,24)25)10-15(20(26)30)5-8-18(21)29(31)32/h2-9,11-12H,10H2,1H3,(H2,26,30). The number of amides is 1. The largest absolute Gasteiger partial charge is 0.408 e. The first-order valence-electron chi connectivity index (χ1n) is 9.51. The van der Waals surface area contributed by atoms with E-state index in [1.807, 2.05) is 25.3 Å². The molecule has 3 aromatic rings. The van der Waals surface area contributed by atoms with Crippen LogP contribution in [0.4, 0.5) is 13.2 Å². The third-order valence-electron chi connectivity index (χ3n) is 5.60. The van der Waals surface area contributed by atoms with Gasteiger partial charge < -0.3 is 10.1 Å². The first-order valence-corrected chi connectivity index (χ1v) is 9.51. The Hall–Kier alpha value is -3.95. The quantitative estimate of drug-likeness (QED) is 0.486. The molecular formula is C22H17F3N4O3. The fourth-order valence-electron chi connectivity index (χ4n) is 3.97. The summed E-state index contributed by atoms with van der Waals surface area (Å²) in [5.74, 6) is -1.06. The first-order chi connectivity index (χ1) is 15.0. The van der Waals surface area contributed by atoms with Crippen molar-refractivity contribution >= 4 is 11.6 Å². The maximum Gasteiger partial charge on any atom is 0.408 e. The van der Waals surface area contributed by atoms with Crippen molar-refractivity contribution in [1.82, 2.24) is 9.38 Å². The Morgan fingerprint density at radius 2 is 1.84 bits per heavy atom. The van der Waals surface area contributed by atoms with Crippen LogP contribution in [0.5, 0.6) is 0 Å². The number of carbonyl (C=O) groups excluding carboxylic acids is 1. The van der Waals surface area contributed by atoms with Crippen LogP contribution in [-0.4, -0.2) is 26.4 Å². The molecule has 7 nitrogen and oxygen atoms in total. The van der Waals surface area contributed by atoms with E-state index in [9.17, 15) is 28.1 Å². The number of nitro groups is 1. The molecule has 1 atom stereocenters. The number of hydrogen-bond donors (Lipinski definition) is 1. The molecule has 10 heteroatoms. The monoisotopic (exact) mass is 442 g/mol. The number of halogens is 3. The molecule has 1 aliphatic carbocycles. The smallest absolute Gasteiger partial charge is 0.366 e. The van der Waals surface area contributed by atoms with Crippen LogP contribution in [0.1, 0.15) is 17.5 Å². The molecule has 0 fully saturated rings. The lowest BCUT2D eigenvalue weighted by Gasteiger charge is -2.35. The summed E-state index contributed by atoms with van der Waals surface area (Å²) < 4.78 is 45.0. The number of benzene rings is 1. The molecule has 1 aliphatic rings. The highest BCUT2D eigenvalue weighted by atomic mass is 19.4. The molecule has 32 heavy (non-hydrogen) atoms. The van der Waals surface area contributed by atoms with Gasteiger partial charge in [-0.25, -0.2) is 4.98 Å². The molecule has 1 aromatic carbocycles. The normalized spacial score (nSPS) is 18.9. The van der Waals surface area contributed by atoms with Crippen molar-refractivity contribution in [2.45, 2.75) is 24.9 Å². The van der Waals surface area contributed by atoms with E-state index < -0.39 is 34.5 Å². The van der Waals surface area contributed by atoms with E-state index in [0.717, 1.165) is 11.6 Å². The Kier molecular flexibility index (Phi) is 4.87. The van der Waals surface area contributed by atoms with Gasteiger partial charge in [0.1, 0.15) is 5.65 Å². The number of imidazole rings is 1. The maximum atomic E-state index is 14.4. The highest BCUT2D eigenvalue weighted by Crippen LogP contribution is 2.52. The number of hydrogen-bond acceptors (Lipinski definition) is 4. The maximum absolute atomic E-state index is 14.4. The summed E-state index contributed by atoms with van der Waals surface area (Å²) >= 11 is 0. The number of fused-ring (bicyclic) bond motifs is 1. The second-order valence-corrected chi connectivity index (χ2v) is 7.62. The number of primary amides is 1. The summed E-state index contributed by atoms with van der Waals surface area (Å²) in [6.45, 7) is 1.92. The third-order valence-corrected chi connectivity index (χ3v) is 5.60. The Bertz CT molecular complexity index is 1310. The van der Waals surface area contributed by atoms with Crippen LogP contribution in [0, 0.1) is 17.0 Å². The van der Waals surface area contributed by atoms with Gasteiger partial charge in [-0.2, -0.15) is 13.2 Å². The summed E-state index contributed by atoms with van der Waals surface area (Å²) in [6.07, 6.45) is -0.720. The zero-order chi connectivity index (χ0) is 23.3. The van der Waals surface area contributed by atoms with Gasteiger partial charge in [0.15, 0.2) is 5.41 Å². The molecule has 1 unspecified atom stereocenters. The minimum absolute atomic E-state index is 0.340. The Labute approximate surface area is 179 Å². The van der Waals surface area contributed by atoms with Crippen LogP contribution in [0.25, 0.3) is 16.9 Å². The minimum Gasteiger partial charge on any atom is -0.366 e. The molecule has 2 N–H and O–H groups in total. The summed E-state index contributed by atoms with van der Waals surface area (Å²) in [7, 11) is 0. The number of alkyl halides is 3.